The van der Waals surface area contributed by atoms with Crippen molar-refractivity contribution >= 4 is 17.0 Å². The van der Waals surface area contributed by atoms with Gasteiger partial charge in [-0.05, 0) is 44.0 Å². The molecular formula is C23H31N5O. The van der Waals surface area contributed by atoms with E-state index >= 15 is 0 Å². The molecule has 2 N–H and O–H groups in total. The number of aliphatic imine (C=N–C) groups is 1. The Morgan fingerprint density at radius 1 is 1.07 bits per heavy atom. The number of ether oxygens (including phenoxy) is 1. The highest BCUT2D eigenvalue weighted by atomic mass is 16.5. The molecule has 154 valence electrons. The maximum absolute atomic E-state index is 5.46. The molecule has 0 atom stereocenters. The van der Waals surface area contributed by atoms with Crippen LogP contribution >= 0.6 is 0 Å². The summed E-state index contributed by atoms with van der Waals surface area (Å²) in [5.41, 5.74) is 4.36. The van der Waals surface area contributed by atoms with E-state index in [1.54, 1.807) is 7.11 Å². The van der Waals surface area contributed by atoms with Crippen LogP contribution in [0.4, 0.5) is 0 Å². The van der Waals surface area contributed by atoms with Crippen molar-refractivity contribution in [3.8, 4) is 0 Å². The number of hydrogen-bond donors (Lipinski definition) is 2. The lowest BCUT2D eigenvalue weighted by molar-refractivity contribution is 0.0268. The molecule has 0 saturated carbocycles. The van der Waals surface area contributed by atoms with Crippen molar-refractivity contribution in [2.75, 3.05) is 20.2 Å². The molecule has 0 saturated heterocycles. The predicted octanol–water partition coefficient (Wildman–Crippen LogP) is 3.56. The minimum absolute atomic E-state index is 0.241. The Labute approximate surface area is 173 Å². The third-order valence-corrected chi connectivity index (χ3v) is 4.90. The normalized spacial score (nSPS) is 12.3. The number of rotatable bonds is 8. The fraction of sp³-hybridized carbons (Fsp3) is 0.391. The summed E-state index contributed by atoms with van der Waals surface area (Å²) in [5.74, 6) is 0.798. The summed E-state index contributed by atoms with van der Waals surface area (Å²) in [6.07, 6.45) is 1.90. The number of aromatic nitrogens is 2. The molecule has 0 aliphatic heterocycles. The number of hydrogen-bond acceptors (Lipinski definition) is 3. The fourth-order valence-electron chi connectivity index (χ4n) is 2.96. The van der Waals surface area contributed by atoms with E-state index in [4.69, 9.17) is 9.73 Å². The smallest absolute Gasteiger partial charge is 0.191 e. The lowest BCUT2D eigenvalue weighted by atomic mass is 10.1. The minimum Gasteiger partial charge on any atom is -0.377 e. The Morgan fingerprint density at radius 2 is 1.79 bits per heavy atom. The lowest BCUT2D eigenvalue weighted by Gasteiger charge is -2.24. The zero-order valence-corrected chi connectivity index (χ0v) is 17.8. The van der Waals surface area contributed by atoms with Gasteiger partial charge < -0.3 is 19.9 Å². The van der Waals surface area contributed by atoms with Gasteiger partial charge in [0.2, 0.25) is 0 Å². The zero-order valence-electron chi connectivity index (χ0n) is 17.8. The van der Waals surface area contributed by atoms with E-state index in [-0.39, 0.29) is 5.60 Å². The summed E-state index contributed by atoms with van der Waals surface area (Å²) in [7, 11) is 1.72. The van der Waals surface area contributed by atoms with E-state index in [1.165, 1.54) is 11.1 Å². The van der Waals surface area contributed by atoms with E-state index < -0.39 is 0 Å². The summed E-state index contributed by atoms with van der Waals surface area (Å²) in [6, 6.07) is 16.8. The summed E-state index contributed by atoms with van der Waals surface area (Å²) in [6.45, 7) is 9.09. The average molecular weight is 394 g/mol. The van der Waals surface area contributed by atoms with Gasteiger partial charge in [-0.1, -0.05) is 36.4 Å². The van der Waals surface area contributed by atoms with Gasteiger partial charge in [-0.2, -0.15) is 0 Å². The Bertz CT molecular complexity index is 943. The van der Waals surface area contributed by atoms with Crippen molar-refractivity contribution in [1.29, 1.82) is 0 Å². The number of methoxy groups -OCH3 is 1. The molecule has 6 nitrogen and oxygen atoms in total. The van der Waals surface area contributed by atoms with Crippen LogP contribution in [0.5, 0.6) is 0 Å². The Morgan fingerprint density at radius 3 is 2.52 bits per heavy atom. The Kier molecular flexibility index (Phi) is 6.88. The molecular weight excluding hydrogens is 362 g/mol. The number of guanidine groups is 1. The van der Waals surface area contributed by atoms with Crippen LogP contribution in [-0.2, 0) is 17.8 Å². The molecule has 1 heterocycles. The highest BCUT2D eigenvalue weighted by molar-refractivity contribution is 5.79. The standard InChI is InChI=1S/C23H31N5O/c1-5-24-22(26-16-23(2,3)29-4)25-14-18-10-12-19(13-11-18)15-28-17-27-20-8-6-7-9-21(20)28/h6-13,17H,5,14-16H2,1-4H3,(H2,24,25,26). The summed E-state index contributed by atoms with van der Waals surface area (Å²) >= 11 is 0. The first kappa shape index (κ1) is 20.9. The van der Waals surface area contributed by atoms with Gasteiger partial charge in [-0.15, -0.1) is 0 Å². The Balaban J connectivity index is 1.62. The van der Waals surface area contributed by atoms with Gasteiger partial charge in [0.15, 0.2) is 5.96 Å². The number of benzene rings is 2. The van der Waals surface area contributed by atoms with Crippen molar-refractivity contribution in [3.63, 3.8) is 0 Å². The number of imidazole rings is 1. The molecule has 0 fully saturated rings. The van der Waals surface area contributed by atoms with Crippen LogP contribution in [-0.4, -0.2) is 41.3 Å². The number of fused-ring (bicyclic) bond motifs is 1. The van der Waals surface area contributed by atoms with E-state index in [0.717, 1.165) is 30.1 Å². The summed E-state index contributed by atoms with van der Waals surface area (Å²) < 4.78 is 7.63. The van der Waals surface area contributed by atoms with Crippen LogP contribution in [0.3, 0.4) is 0 Å². The Hall–Kier alpha value is -2.86. The molecule has 1 aromatic heterocycles. The van der Waals surface area contributed by atoms with Gasteiger partial charge in [0.05, 0.1) is 29.5 Å². The van der Waals surface area contributed by atoms with E-state index in [2.05, 4.69) is 57.4 Å². The molecule has 0 spiro atoms. The largest absolute Gasteiger partial charge is 0.377 e. The van der Waals surface area contributed by atoms with Crippen LogP contribution in [0, 0.1) is 0 Å². The van der Waals surface area contributed by atoms with Gasteiger partial charge in [0.1, 0.15) is 0 Å². The van der Waals surface area contributed by atoms with Crippen molar-refractivity contribution in [3.05, 3.63) is 66.0 Å². The van der Waals surface area contributed by atoms with E-state index in [9.17, 15) is 0 Å². The maximum Gasteiger partial charge on any atom is 0.191 e. The second-order valence-corrected chi connectivity index (χ2v) is 7.69. The van der Waals surface area contributed by atoms with Crippen LogP contribution in [0.1, 0.15) is 31.9 Å². The monoisotopic (exact) mass is 393 g/mol. The maximum atomic E-state index is 5.46. The highest BCUT2D eigenvalue weighted by Crippen LogP contribution is 2.15. The molecule has 3 aromatic rings. The number of nitrogens with one attached hydrogen (secondary N) is 2. The molecule has 0 radical (unpaired) electrons. The van der Waals surface area contributed by atoms with Gasteiger partial charge >= 0.3 is 0 Å². The topological polar surface area (TPSA) is 63.5 Å². The zero-order chi connectivity index (χ0) is 20.7. The van der Waals surface area contributed by atoms with Crippen molar-refractivity contribution in [2.24, 2.45) is 4.99 Å². The number of para-hydroxylation sites is 2. The summed E-state index contributed by atoms with van der Waals surface area (Å²) in [5, 5.41) is 6.62. The average Bonchev–Trinajstić information content (AvgIpc) is 3.14. The molecule has 3 rings (SSSR count). The van der Waals surface area contributed by atoms with Crippen LogP contribution < -0.4 is 10.6 Å². The highest BCUT2D eigenvalue weighted by Gasteiger charge is 2.16. The second-order valence-electron chi connectivity index (χ2n) is 7.69. The molecule has 2 aromatic carbocycles. The van der Waals surface area contributed by atoms with E-state index in [0.29, 0.717) is 13.1 Å². The van der Waals surface area contributed by atoms with Gasteiger partial charge in [0, 0.05) is 26.7 Å². The van der Waals surface area contributed by atoms with Crippen molar-refractivity contribution in [2.45, 2.75) is 39.5 Å². The number of nitrogens with zero attached hydrogens (tertiary/aromatic N) is 3. The lowest BCUT2D eigenvalue weighted by Crippen LogP contribution is -2.45. The molecule has 0 bridgehead atoms. The molecule has 6 heteroatoms. The first-order valence-electron chi connectivity index (χ1n) is 10.1. The molecule has 0 aliphatic carbocycles. The predicted molar refractivity (Wildman–Crippen MR) is 119 cm³/mol. The van der Waals surface area contributed by atoms with Gasteiger partial charge in [-0.25, -0.2) is 9.98 Å². The fourth-order valence-corrected chi connectivity index (χ4v) is 2.96. The second kappa shape index (κ2) is 9.56. The quantitative estimate of drug-likeness (QED) is 0.454. The van der Waals surface area contributed by atoms with Crippen molar-refractivity contribution < 1.29 is 4.74 Å². The molecule has 0 unspecified atom stereocenters. The van der Waals surface area contributed by atoms with E-state index in [1.807, 2.05) is 38.4 Å². The third kappa shape index (κ3) is 5.81. The molecule has 0 amide bonds. The van der Waals surface area contributed by atoms with Crippen LogP contribution in [0.25, 0.3) is 11.0 Å². The van der Waals surface area contributed by atoms with Crippen LogP contribution in [0.2, 0.25) is 0 Å². The summed E-state index contributed by atoms with van der Waals surface area (Å²) in [4.78, 5) is 9.15. The van der Waals surface area contributed by atoms with Gasteiger partial charge in [-0.3, -0.25) is 0 Å². The first-order valence-corrected chi connectivity index (χ1v) is 10.1. The molecule has 29 heavy (non-hydrogen) atoms. The third-order valence-electron chi connectivity index (χ3n) is 4.90. The minimum atomic E-state index is -0.241. The van der Waals surface area contributed by atoms with Crippen LogP contribution in [0.15, 0.2) is 59.9 Å². The SMILES string of the molecule is CCNC(=NCc1ccc(Cn2cnc3ccccc32)cc1)NCC(C)(C)OC. The molecule has 0 aliphatic rings. The van der Waals surface area contributed by atoms with Crippen molar-refractivity contribution in [1.82, 2.24) is 20.2 Å². The van der Waals surface area contributed by atoms with Gasteiger partial charge in [0.25, 0.3) is 0 Å². The first-order chi connectivity index (χ1) is 14.0.